The Morgan fingerprint density at radius 3 is 1.58 bits per heavy atom. The van der Waals surface area contributed by atoms with Crippen molar-refractivity contribution in [3.8, 4) is 0 Å². The summed E-state index contributed by atoms with van der Waals surface area (Å²) in [4.78, 5) is 0. The molecule has 0 saturated heterocycles. The van der Waals surface area contributed by atoms with Crippen molar-refractivity contribution in [1.29, 1.82) is 0 Å². The van der Waals surface area contributed by atoms with E-state index in [2.05, 4.69) is 74.5 Å². The second kappa shape index (κ2) is 6.53. The molecule has 0 radical (unpaired) electrons. The predicted octanol–water partition coefficient (Wildman–Crippen LogP) is 4.19. The first-order chi connectivity index (χ1) is 9.18. The standard InChI is InChI=1S/C18H23N/c1-14(2)13-17(19)18(15-9-5-3-6-10-15)16-11-7-4-8-12-16/h3-12,14,17-18H,13,19H2,1-2H3/t17-/m1/s1. The van der Waals surface area contributed by atoms with E-state index in [4.69, 9.17) is 5.73 Å². The zero-order valence-electron chi connectivity index (χ0n) is 11.8. The summed E-state index contributed by atoms with van der Waals surface area (Å²) in [5, 5.41) is 0. The zero-order chi connectivity index (χ0) is 13.7. The first kappa shape index (κ1) is 13.8. The molecule has 1 heteroatoms. The fourth-order valence-electron chi connectivity index (χ4n) is 2.69. The third-order valence-electron chi connectivity index (χ3n) is 3.49. The highest BCUT2D eigenvalue weighted by Crippen LogP contribution is 2.29. The molecule has 0 aliphatic heterocycles. The molecular formula is C18H23N. The van der Waals surface area contributed by atoms with E-state index in [1.807, 2.05) is 0 Å². The van der Waals surface area contributed by atoms with Crippen LogP contribution in [0.15, 0.2) is 60.7 Å². The SMILES string of the molecule is CC(C)C[C@@H](N)C(c1ccccc1)c1ccccc1. The number of hydrogen-bond donors (Lipinski definition) is 1. The van der Waals surface area contributed by atoms with Gasteiger partial charge in [-0.1, -0.05) is 74.5 Å². The molecule has 2 aromatic rings. The normalized spacial score (nSPS) is 12.9. The van der Waals surface area contributed by atoms with Crippen molar-refractivity contribution < 1.29 is 0 Å². The molecular weight excluding hydrogens is 230 g/mol. The van der Waals surface area contributed by atoms with Crippen LogP contribution in [0.3, 0.4) is 0 Å². The minimum Gasteiger partial charge on any atom is -0.327 e. The van der Waals surface area contributed by atoms with Gasteiger partial charge in [0, 0.05) is 12.0 Å². The van der Waals surface area contributed by atoms with Gasteiger partial charge in [0.25, 0.3) is 0 Å². The number of benzene rings is 2. The first-order valence-electron chi connectivity index (χ1n) is 7.04. The van der Waals surface area contributed by atoms with E-state index < -0.39 is 0 Å². The Labute approximate surface area is 116 Å². The van der Waals surface area contributed by atoms with Gasteiger partial charge in [-0.05, 0) is 23.5 Å². The molecule has 0 bridgehead atoms. The van der Waals surface area contributed by atoms with Gasteiger partial charge in [0.1, 0.15) is 0 Å². The summed E-state index contributed by atoms with van der Waals surface area (Å²) in [7, 11) is 0. The molecule has 0 amide bonds. The molecule has 1 atom stereocenters. The Morgan fingerprint density at radius 1 is 0.789 bits per heavy atom. The number of hydrogen-bond acceptors (Lipinski definition) is 1. The molecule has 0 heterocycles. The highest BCUT2D eigenvalue weighted by atomic mass is 14.7. The molecule has 0 spiro atoms. The predicted molar refractivity (Wildman–Crippen MR) is 82.2 cm³/mol. The summed E-state index contributed by atoms with van der Waals surface area (Å²) < 4.78 is 0. The van der Waals surface area contributed by atoms with Crippen molar-refractivity contribution in [2.75, 3.05) is 0 Å². The van der Waals surface area contributed by atoms with E-state index in [0.717, 1.165) is 6.42 Å². The van der Waals surface area contributed by atoms with Gasteiger partial charge >= 0.3 is 0 Å². The number of rotatable bonds is 5. The highest BCUT2D eigenvalue weighted by molar-refractivity contribution is 5.34. The fraction of sp³-hybridized carbons (Fsp3) is 0.333. The van der Waals surface area contributed by atoms with E-state index in [-0.39, 0.29) is 12.0 Å². The molecule has 100 valence electrons. The smallest absolute Gasteiger partial charge is 0.0241 e. The van der Waals surface area contributed by atoms with E-state index in [1.165, 1.54) is 11.1 Å². The average molecular weight is 253 g/mol. The van der Waals surface area contributed by atoms with Crippen LogP contribution in [0.25, 0.3) is 0 Å². The van der Waals surface area contributed by atoms with Gasteiger partial charge in [0.05, 0.1) is 0 Å². The fourth-order valence-corrected chi connectivity index (χ4v) is 2.69. The molecule has 0 unspecified atom stereocenters. The Hall–Kier alpha value is -1.60. The molecule has 1 nitrogen and oxygen atoms in total. The minimum absolute atomic E-state index is 0.157. The maximum absolute atomic E-state index is 6.48. The maximum atomic E-state index is 6.48. The van der Waals surface area contributed by atoms with Crippen molar-refractivity contribution in [2.24, 2.45) is 11.7 Å². The third-order valence-corrected chi connectivity index (χ3v) is 3.49. The summed E-state index contributed by atoms with van der Waals surface area (Å²) in [6, 6.07) is 21.3. The van der Waals surface area contributed by atoms with Crippen molar-refractivity contribution >= 4 is 0 Å². The summed E-state index contributed by atoms with van der Waals surface area (Å²) in [6.45, 7) is 4.46. The highest BCUT2D eigenvalue weighted by Gasteiger charge is 2.22. The van der Waals surface area contributed by atoms with Gasteiger partial charge in [0.15, 0.2) is 0 Å². The van der Waals surface area contributed by atoms with Crippen LogP contribution < -0.4 is 5.73 Å². The molecule has 0 aliphatic rings. The molecule has 0 saturated carbocycles. The summed E-state index contributed by atoms with van der Waals surface area (Å²) in [5.74, 6) is 0.898. The van der Waals surface area contributed by atoms with Crippen molar-refractivity contribution in [2.45, 2.75) is 32.2 Å². The van der Waals surface area contributed by atoms with Gasteiger partial charge in [-0.15, -0.1) is 0 Å². The van der Waals surface area contributed by atoms with E-state index >= 15 is 0 Å². The lowest BCUT2D eigenvalue weighted by molar-refractivity contribution is 0.462. The van der Waals surface area contributed by atoms with Gasteiger partial charge in [-0.2, -0.15) is 0 Å². The Balaban J connectivity index is 2.34. The summed E-state index contributed by atoms with van der Waals surface area (Å²) in [6.07, 6.45) is 1.04. The molecule has 2 N–H and O–H groups in total. The zero-order valence-corrected chi connectivity index (χ0v) is 11.8. The van der Waals surface area contributed by atoms with Crippen LogP contribution in [0.4, 0.5) is 0 Å². The lowest BCUT2D eigenvalue weighted by Crippen LogP contribution is -2.30. The van der Waals surface area contributed by atoms with Crippen LogP contribution in [0, 0.1) is 5.92 Å². The van der Waals surface area contributed by atoms with Gasteiger partial charge < -0.3 is 5.73 Å². The molecule has 0 fully saturated rings. The molecule has 2 aromatic carbocycles. The second-order valence-electron chi connectivity index (χ2n) is 5.59. The summed E-state index contributed by atoms with van der Waals surface area (Å²) in [5.41, 5.74) is 9.10. The lowest BCUT2D eigenvalue weighted by atomic mass is 9.82. The van der Waals surface area contributed by atoms with E-state index in [1.54, 1.807) is 0 Å². The van der Waals surface area contributed by atoms with E-state index in [0.29, 0.717) is 5.92 Å². The van der Waals surface area contributed by atoms with Crippen LogP contribution in [0.2, 0.25) is 0 Å². The molecule has 19 heavy (non-hydrogen) atoms. The largest absolute Gasteiger partial charge is 0.327 e. The molecule has 0 aromatic heterocycles. The monoisotopic (exact) mass is 253 g/mol. The minimum atomic E-state index is 0.157. The van der Waals surface area contributed by atoms with Crippen LogP contribution in [-0.2, 0) is 0 Å². The average Bonchev–Trinajstić information content (AvgIpc) is 2.40. The van der Waals surface area contributed by atoms with Crippen LogP contribution >= 0.6 is 0 Å². The van der Waals surface area contributed by atoms with Crippen LogP contribution in [-0.4, -0.2) is 6.04 Å². The topological polar surface area (TPSA) is 26.0 Å². The first-order valence-corrected chi connectivity index (χ1v) is 7.04. The van der Waals surface area contributed by atoms with Crippen LogP contribution in [0.1, 0.15) is 37.3 Å². The number of nitrogens with two attached hydrogens (primary N) is 1. The maximum Gasteiger partial charge on any atom is 0.0241 e. The van der Waals surface area contributed by atoms with E-state index in [9.17, 15) is 0 Å². The Bertz CT molecular complexity index is 436. The Morgan fingerprint density at radius 2 is 1.21 bits per heavy atom. The third kappa shape index (κ3) is 3.68. The van der Waals surface area contributed by atoms with Gasteiger partial charge in [0.2, 0.25) is 0 Å². The van der Waals surface area contributed by atoms with Crippen molar-refractivity contribution in [3.05, 3.63) is 71.8 Å². The second-order valence-corrected chi connectivity index (χ2v) is 5.59. The summed E-state index contributed by atoms with van der Waals surface area (Å²) >= 11 is 0. The van der Waals surface area contributed by atoms with Gasteiger partial charge in [-0.25, -0.2) is 0 Å². The van der Waals surface area contributed by atoms with Crippen molar-refractivity contribution in [3.63, 3.8) is 0 Å². The lowest BCUT2D eigenvalue weighted by Gasteiger charge is -2.26. The molecule has 2 rings (SSSR count). The Kier molecular flexibility index (Phi) is 4.75. The quantitative estimate of drug-likeness (QED) is 0.849. The van der Waals surface area contributed by atoms with Crippen LogP contribution in [0.5, 0.6) is 0 Å². The van der Waals surface area contributed by atoms with Crippen molar-refractivity contribution in [1.82, 2.24) is 0 Å². The van der Waals surface area contributed by atoms with Gasteiger partial charge in [-0.3, -0.25) is 0 Å². The molecule has 0 aliphatic carbocycles.